The Balaban J connectivity index is 2.65. The van der Waals surface area contributed by atoms with Crippen LogP contribution in [-0.2, 0) is 9.53 Å². The second-order valence-corrected chi connectivity index (χ2v) is 2.99. The third-order valence-electron chi connectivity index (χ3n) is 1.39. The van der Waals surface area contributed by atoms with Crippen molar-refractivity contribution in [3.63, 3.8) is 0 Å². The topological polar surface area (TPSA) is 52.3 Å². The molecule has 0 bridgehead atoms. The lowest BCUT2D eigenvalue weighted by molar-refractivity contribution is -0.146. The summed E-state index contributed by atoms with van der Waals surface area (Å²) in [4.78, 5) is 10.6. The summed E-state index contributed by atoms with van der Waals surface area (Å²) >= 11 is 0. The molecule has 1 rings (SSSR count). The molecule has 1 aliphatic heterocycles. The SMILES string of the molecule is CC1(C)CC(N)C(=O)O1. The van der Waals surface area contributed by atoms with Gasteiger partial charge < -0.3 is 10.5 Å². The van der Waals surface area contributed by atoms with Crippen LogP contribution in [0.4, 0.5) is 0 Å². The van der Waals surface area contributed by atoms with E-state index in [2.05, 4.69) is 0 Å². The molecule has 52 valence electrons. The summed E-state index contributed by atoms with van der Waals surface area (Å²) < 4.78 is 4.90. The van der Waals surface area contributed by atoms with Crippen LogP contribution in [0.2, 0.25) is 0 Å². The summed E-state index contributed by atoms with van der Waals surface area (Å²) in [5.41, 5.74) is 5.04. The zero-order chi connectivity index (χ0) is 7.07. The fourth-order valence-electron chi connectivity index (χ4n) is 1.00. The summed E-state index contributed by atoms with van der Waals surface area (Å²) in [6, 6.07) is -0.403. The third kappa shape index (κ3) is 1.21. The van der Waals surface area contributed by atoms with Crippen LogP contribution in [0.1, 0.15) is 20.3 Å². The quantitative estimate of drug-likeness (QED) is 0.470. The van der Waals surface area contributed by atoms with Gasteiger partial charge in [0.05, 0.1) is 0 Å². The van der Waals surface area contributed by atoms with Crippen LogP contribution < -0.4 is 5.73 Å². The van der Waals surface area contributed by atoms with Crippen molar-refractivity contribution in [2.75, 3.05) is 0 Å². The van der Waals surface area contributed by atoms with Crippen LogP contribution in [0.25, 0.3) is 0 Å². The molecule has 1 unspecified atom stereocenters. The molecule has 0 aliphatic carbocycles. The first-order valence-electron chi connectivity index (χ1n) is 3.00. The Morgan fingerprint density at radius 1 is 1.78 bits per heavy atom. The second-order valence-electron chi connectivity index (χ2n) is 2.99. The van der Waals surface area contributed by atoms with Crippen molar-refractivity contribution in [2.45, 2.75) is 31.9 Å². The molecule has 1 heterocycles. The summed E-state index contributed by atoms with van der Waals surface area (Å²) in [6.45, 7) is 3.72. The van der Waals surface area contributed by atoms with Crippen molar-refractivity contribution in [3.05, 3.63) is 0 Å². The van der Waals surface area contributed by atoms with Crippen molar-refractivity contribution in [1.82, 2.24) is 0 Å². The van der Waals surface area contributed by atoms with Gasteiger partial charge in [0, 0.05) is 6.42 Å². The number of esters is 1. The minimum absolute atomic E-state index is 0.278. The molecule has 9 heavy (non-hydrogen) atoms. The van der Waals surface area contributed by atoms with E-state index in [0.717, 1.165) is 0 Å². The number of nitrogens with two attached hydrogens (primary N) is 1. The van der Waals surface area contributed by atoms with E-state index in [1.165, 1.54) is 0 Å². The van der Waals surface area contributed by atoms with Gasteiger partial charge in [0.15, 0.2) is 0 Å². The lowest BCUT2D eigenvalue weighted by atomic mass is 10.0. The number of carbonyl (C=O) groups is 1. The molecular weight excluding hydrogens is 118 g/mol. The molecular formula is C6H11NO2. The highest BCUT2D eigenvalue weighted by atomic mass is 16.6. The Hall–Kier alpha value is -0.570. The van der Waals surface area contributed by atoms with Crippen LogP contribution in [0, 0.1) is 0 Å². The van der Waals surface area contributed by atoms with Crippen LogP contribution in [0.3, 0.4) is 0 Å². The molecule has 0 aromatic carbocycles. The smallest absolute Gasteiger partial charge is 0.323 e. The highest BCUT2D eigenvalue weighted by molar-refractivity contribution is 5.78. The van der Waals surface area contributed by atoms with E-state index < -0.39 is 6.04 Å². The Morgan fingerprint density at radius 3 is 2.44 bits per heavy atom. The zero-order valence-corrected chi connectivity index (χ0v) is 5.68. The first kappa shape index (κ1) is 6.55. The molecule has 0 spiro atoms. The molecule has 2 N–H and O–H groups in total. The minimum Gasteiger partial charge on any atom is -0.458 e. The van der Waals surface area contributed by atoms with E-state index in [0.29, 0.717) is 6.42 Å². The zero-order valence-electron chi connectivity index (χ0n) is 5.68. The molecule has 1 saturated heterocycles. The van der Waals surface area contributed by atoms with Gasteiger partial charge in [-0.05, 0) is 13.8 Å². The fraction of sp³-hybridized carbons (Fsp3) is 0.833. The maximum Gasteiger partial charge on any atom is 0.323 e. The van der Waals surface area contributed by atoms with Gasteiger partial charge in [-0.1, -0.05) is 0 Å². The molecule has 0 radical (unpaired) electrons. The molecule has 0 aromatic rings. The van der Waals surface area contributed by atoms with E-state index in [-0.39, 0.29) is 11.6 Å². The van der Waals surface area contributed by atoms with E-state index in [1.807, 2.05) is 13.8 Å². The van der Waals surface area contributed by atoms with Crippen molar-refractivity contribution in [3.8, 4) is 0 Å². The van der Waals surface area contributed by atoms with Gasteiger partial charge in [-0.25, -0.2) is 0 Å². The minimum atomic E-state index is -0.403. The molecule has 0 aromatic heterocycles. The Morgan fingerprint density at radius 2 is 2.33 bits per heavy atom. The van der Waals surface area contributed by atoms with Gasteiger partial charge in [0.1, 0.15) is 11.6 Å². The molecule has 3 heteroatoms. The molecule has 0 saturated carbocycles. The van der Waals surface area contributed by atoms with Gasteiger partial charge >= 0.3 is 5.97 Å². The number of hydrogen-bond acceptors (Lipinski definition) is 3. The average Bonchev–Trinajstić information content (AvgIpc) is 1.79. The van der Waals surface area contributed by atoms with Gasteiger partial charge in [-0.15, -0.1) is 0 Å². The predicted octanol–water partition coefficient (Wildman–Crippen LogP) is 0.0392. The van der Waals surface area contributed by atoms with Crippen LogP contribution in [0.15, 0.2) is 0 Å². The maximum atomic E-state index is 10.6. The van der Waals surface area contributed by atoms with E-state index in [9.17, 15) is 4.79 Å². The lowest BCUT2D eigenvalue weighted by Gasteiger charge is -2.13. The Labute approximate surface area is 54.2 Å². The first-order valence-corrected chi connectivity index (χ1v) is 3.00. The lowest BCUT2D eigenvalue weighted by Crippen LogP contribution is -2.25. The average molecular weight is 129 g/mol. The Bertz CT molecular complexity index is 142. The van der Waals surface area contributed by atoms with Crippen molar-refractivity contribution < 1.29 is 9.53 Å². The fourth-order valence-corrected chi connectivity index (χ4v) is 1.00. The highest BCUT2D eigenvalue weighted by Gasteiger charge is 2.37. The summed E-state index contributed by atoms with van der Waals surface area (Å²) in [7, 11) is 0. The van der Waals surface area contributed by atoms with E-state index >= 15 is 0 Å². The van der Waals surface area contributed by atoms with E-state index in [1.54, 1.807) is 0 Å². The predicted molar refractivity (Wildman–Crippen MR) is 32.8 cm³/mol. The first-order chi connectivity index (χ1) is 4.01. The van der Waals surface area contributed by atoms with Crippen molar-refractivity contribution in [2.24, 2.45) is 5.73 Å². The number of hydrogen-bond donors (Lipinski definition) is 1. The highest BCUT2D eigenvalue weighted by Crippen LogP contribution is 2.23. The number of ether oxygens (including phenoxy) is 1. The molecule has 0 amide bonds. The largest absolute Gasteiger partial charge is 0.458 e. The summed E-state index contributed by atoms with van der Waals surface area (Å²) in [5, 5.41) is 0. The van der Waals surface area contributed by atoms with Gasteiger partial charge in [-0.3, -0.25) is 4.79 Å². The van der Waals surface area contributed by atoms with E-state index in [4.69, 9.17) is 10.5 Å². The van der Waals surface area contributed by atoms with Crippen molar-refractivity contribution >= 4 is 5.97 Å². The van der Waals surface area contributed by atoms with Gasteiger partial charge in [0.2, 0.25) is 0 Å². The summed E-state index contributed by atoms with van der Waals surface area (Å²) in [6.07, 6.45) is 0.631. The Kier molecular flexibility index (Phi) is 1.24. The molecule has 1 fully saturated rings. The van der Waals surface area contributed by atoms with Crippen LogP contribution >= 0.6 is 0 Å². The standard InChI is InChI=1S/C6H11NO2/c1-6(2)3-4(7)5(8)9-6/h4H,3,7H2,1-2H3. The number of cyclic esters (lactones) is 1. The molecule has 3 nitrogen and oxygen atoms in total. The van der Waals surface area contributed by atoms with Crippen molar-refractivity contribution in [1.29, 1.82) is 0 Å². The number of rotatable bonds is 0. The third-order valence-corrected chi connectivity index (χ3v) is 1.39. The van der Waals surface area contributed by atoms with Crippen LogP contribution in [0.5, 0.6) is 0 Å². The summed E-state index contributed by atoms with van der Waals surface area (Å²) in [5.74, 6) is -0.278. The number of carbonyl (C=O) groups excluding carboxylic acids is 1. The van der Waals surface area contributed by atoms with Gasteiger partial charge in [0.25, 0.3) is 0 Å². The molecule has 1 aliphatic rings. The van der Waals surface area contributed by atoms with Gasteiger partial charge in [-0.2, -0.15) is 0 Å². The normalized spacial score (nSPS) is 32.3. The van der Waals surface area contributed by atoms with Crippen LogP contribution in [-0.4, -0.2) is 17.6 Å². The maximum absolute atomic E-state index is 10.6. The monoisotopic (exact) mass is 129 g/mol. The molecule has 1 atom stereocenters. The second kappa shape index (κ2) is 1.70.